The molecule has 1 saturated carbocycles. The van der Waals surface area contributed by atoms with Gasteiger partial charge >= 0.3 is 0 Å². The molecule has 1 aliphatic carbocycles. The van der Waals surface area contributed by atoms with E-state index in [4.69, 9.17) is 5.73 Å². The second-order valence-corrected chi connectivity index (χ2v) is 6.03. The zero-order valence-electron chi connectivity index (χ0n) is 12.2. The van der Waals surface area contributed by atoms with Gasteiger partial charge in [0.1, 0.15) is 6.04 Å². The number of rotatable bonds is 3. The van der Waals surface area contributed by atoms with Crippen molar-refractivity contribution in [2.24, 2.45) is 5.73 Å². The Hall–Kier alpha value is -1.88. The van der Waals surface area contributed by atoms with Gasteiger partial charge in [0, 0.05) is 19.6 Å². The van der Waals surface area contributed by atoms with E-state index in [9.17, 15) is 9.59 Å². The van der Waals surface area contributed by atoms with E-state index in [2.05, 4.69) is 5.32 Å². The third-order valence-electron chi connectivity index (χ3n) is 4.63. The van der Waals surface area contributed by atoms with Gasteiger partial charge in [-0.3, -0.25) is 9.59 Å². The Morgan fingerprint density at radius 1 is 1.29 bits per heavy atom. The number of likely N-dealkylation sites (tertiary alicyclic amines) is 1. The fourth-order valence-corrected chi connectivity index (χ4v) is 3.29. The van der Waals surface area contributed by atoms with Crippen LogP contribution in [-0.4, -0.2) is 42.4 Å². The van der Waals surface area contributed by atoms with Gasteiger partial charge in [0.15, 0.2) is 0 Å². The smallest absolute Gasteiger partial charge is 0.242 e. The Bertz CT molecular complexity index is 554. The summed E-state index contributed by atoms with van der Waals surface area (Å²) in [6.07, 6.45) is 2.24. The molecule has 1 aliphatic heterocycles. The summed E-state index contributed by atoms with van der Waals surface area (Å²) in [4.78, 5) is 26.7. The lowest BCUT2D eigenvalue weighted by atomic mass is 9.94. The molecule has 3 N–H and O–H groups in total. The highest BCUT2D eigenvalue weighted by atomic mass is 16.2. The van der Waals surface area contributed by atoms with Gasteiger partial charge in [-0.1, -0.05) is 30.3 Å². The Labute approximate surface area is 124 Å². The highest BCUT2D eigenvalue weighted by molar-refractivity contribution is 5.95. The lowest BCUT2D eigenvalue weighted by Crippen LogP contribution is -2.48. The maximum Gasteiger partial charge on any atom is 0.242 e. The average Bonchev–Trinajstić information content (AvgIpc) is 3.24. The molecule has 0 unspecified atom stereocenters. The number of benzene rings is 1. The number of carbonyl (C=O) groups is 2. The van der Waals surface area contributed by atoms with E-state index in [-0.39, 0.29) is 17.9 Å². The highest BCUT2D eigenvalue weighted by Crippen LogP contribution is 2.50. The third kappa shape index (κ3) is 2.31. The molecule has 21 heavy (non-hydrogen) atoms. The van der Waals surface area contributed by atoms with Crippen LogP contribution in [-0.2, 0) is 15.0 Å². The van der Waals surface area contributed by atoms with Crippen LogP contribution in [0.25, 0.3) is 0 Å². The van der Waals surface area contributed by atoms with Crippen LogP contribution >= 0.6 is 0 Å². The van der Waals surface area contributed by atoms with Crippen LogP contribution in [0.3, 0.4) is 0 Å². The monoisotopic (exact) mass is 287 g/mol. The maximum atomic E-state index is 13.0. The number of nitrogens with zero attached hydrogens (tertiary/aromatic N) is 1. The first-order valence-corrected chi connectivity index (χ1v) is 7.42. The minimum atomic E-state index is -0.433. The molecule has 0 radical (unpaired) electrons. The minimum absolute atomic E-state index is 0.0512. The van der Waals surface area contributed by atoms with Crippen molar-refractivity contribution >= 4 is 11.8 Å². The van der Waals surface area contributed by atoms with Crippen molar-refractivity contribution in [1.29, 1.82) is 0 Å². The van der Waals surface area contributed by atoms with E-state index < -0.39 is 11.5 Å². The van der Waals surface area contributed by atoms with Gasteiger partial charge < -0.3 is 16.0 Å². The van der Waals surface area contributed by atoms with Crippen molar-refractivity contribution in [3.05, 3.63) is 35.9 Å². The van der Waals surface area contributed by atoms with Crippen molar-refractivity contribution in [3.8, 4) is 0 Å². The quantitative estimate of drug-likeness (QED) is 0.844. The standard InChI is InChI=1S/C16H21N3O2/c1-18-14(20)13-9-12(17)10-19(13)15(21)16(7-8-16)11-5-3-2-4-6-11/h2-6,12-13H,7-10,17H2,1H3,(H,18,20)/t12-,13-/m0/s1. The fourth-order valence-electron chi connectivity index (χ4n) is 3.29. The molecule has 1 aromatic rings. The summed E-state index contributed by atoms with van der Waals surface area (Å²) >= 11 is 0. The highest BCUT2D eigenvalue weighted by Gasteiger charge is 2.55. The predicted molar refractivity (Wildman–Crippen MR) is 79.5 cm³/mol. The SMILES string of the molecule is CNC(=O)[C@@H]1C[C@H](N)CN1C(=O)C1(c2ccccc2)CC1. The van der Waals surface area contributed by atoms with Gasteiger partial charge in [-0.2, -0.15) is 0 Å². The predicted octanol–water partition coefficient (Wildman–Crippen LogP) is 0.392. The number of likely N-dealkylation sites (N-methyl/N-ethyl adjacent to an activating group) is 1. The van der Waals surface area contributed by atoms with Crippen LogP contribution in [0, 0.1) is 0 Å². The minimum Gasteiger partial charge on any atom is -0.357 e. The number of amides is 2. The molecule has 0 aromatic heterocycles. The van der Waals surface area contributed by atoms with Crippen LogP contribution in [0.15, 0.2) is 30.3 Å². The van der Waals surface area contributed by atoms with Gasteiger partial charge in [0.05, 0.1) is 5.41 Å². The molecule has 1 heterocycles. The second-order valence-electron chi connectivity index (χ2n) is 6.03. The summed E-state index contributed by atoms with van der Waals surface area (Å²) in [5.74, 6) is -0.0737. The topological polar surface area (TPSA) is 75.4 Å². The normalized spacial score (nSPS) is 26.5. The van der Waals surface area contributed by atoms with Gasteiger partial charge in [0.25, 0.3) is 0 Å². The zero-order chi connectivity index (χ0) is 15.0. The molecule has 1 aromatic carbocycles. The number of carbonyl (C=O) groups excluding carboxylic acids is 2. The number of hydrogen-bond acceptors (Lipinski definition) is 3. The zero-order valence-corrected chi connectivity index (χ0v) is 12.2. The molecule has 1 saturated heterocycles. The molecule has 5 heteroatoms. The van der Waals surface area contributed by atoms with E-state index in [0.717, 1.165) is 18.4 Å². The van der Waals surface area contributed by atoms with E-state index >= 15 is 0 Å². The van der Waals surface area contributed by atoms with E-state index in [0.29, 0.717) is 13.0 Å². The third-order valence-corrected chi connectivity index (χ3v) is 4.63. The van der Waals surface area contributed by atoms with Gasteiger partial charge in [-0.05, 0) is 24.8 Å². The summed E-state index contributed by atoms with van der Waals surface area (Å²) in [5.41, 5.74) is 6.59. The van der Waals surface area contributed by atoms with Gasteiger partial charge in [-0.25, -0.2) is 0 Å². The molecular formula is C16H21N3O2. The van der Waals surface area contributed by atoms with Crippen molar-refractivity contribution in [2.75, 3.05) is 13.6 Å². The second kappa shape index (κ2) is 5.15. The molecular weight excluding hydrogens is 266 g/mol. The summed E-state index contributed by atoms with van der Waals surface area (Å²) in [6.45, 7) is 0.464. The van der Waals surface area contributed by atoms with Crippen LogP contribution in [0.5, 0.6) is 0 Å². The van der Waals surface area contributed by atoms with Gasteiger partial charge in [0.2, 0.25) is 11.8 Å². The Morgan fingerprint density at radius 2 is 1.95 bits per heavy atom. The van der Waals surface area contributed by atoms with Gasteiger partial charge in [-0.15, -0.1) is 0 Å². The average molecular weight is 287 g/mol. The summed E-state index contributed by atoms with van der Waals surface area (Å²) in [5, 5.41) is 2.64. The number of nitrogens with two attached hydrogens (primary N) is 1. The van der Waals surface area contributed by atoms with Crippen LogP contribution in [0.4, 0.5) is 0 Å². The molecule has 112 valence electrons. The molecule has 0 spiro atoms. The van der Waals surface area contributed by atoms with E-state index in [1.165, 1.54) is 0 Å². The molecule has 2 atom stereocenters. The van der Waals surface area contributed by atoms with Crippen molar-refractivity contribution < 1.29 is 9.59 Å². The Kier molecular flexibility index (Phi) is 3.45. The molecule has 3 rings (SSSR count). The lowest BCUT2D eigenvalue weighted by Gasteiger charge is -2.28. The Balaban J connectivity index is 1.86. The Morgan fingerprint density at radius 3 is 2.52 bits per heavy atom. The molecule has 2 fully saturated rings. The number of nitrogens with one attached hydrogen (secondary N) is 1. The van der Waals surface area contributed by atoms with Crippen LogP contribution in [0.2, 0.25) is 0 Å². The van der Waals surface area contributed by atoms with Crippen LogP contribution < -0.4 is 11.1 Å². The molecule has 2 amide bonds. The van der Waals surface area contributed by atoms with Crippen molar-refractivity contribution in [3.63, 3.8) is 0 Å². The molecule has 0 bridgehead atoms. The summed E-state index contributed by atoms with van der Waals surface area (Å²) in [6, 6.07) is 9.29. The van der Waals surface area contributed by atoms with Crippen molar-refractivity contribution in [2.45, 2.75) is 36.8 Å². The first-order chi connectivity index (χ1) is 10.1. The molecule has 2 aliphatic rings. The maximum absolute atomic E-state index is 13.0. The first kappa shape index (κ1) is 14.1. The van der Waals surface area contributed by atoms with E-state index in [1.807, 2.05) is 30.3 Å². The lowest BCUT2D eigenvalue weighted by molar-refractivity contribution is -0.140. The fraction of sp³-hybridized carbons (Fsp3) is 0.500. The number of hydrogen-bond donors (Lipinski definition) is 2. The van der Waals surface area contributed by atoms with E-state index in [1.54, 1.807) is 11.9 Å². The largest absolute Gasteiger partial charge is 0.357 e. The molecule has 5 nitrogen and oxygen atoms in total. The van der Waals surface area contributed by atoms with Crippen LogP contribution in [0.1, 0.15) is 24.8 Å². The van der Waals surface area contributed by atoms with Crippen molar-refractivity contribution in [1.82, 2.24) is 10.2 Å². The summed E-state index contributed by atoms with van der Waals surface area (Å²) < 4.78 is 0. The first-order valence-electron chi connectivity index (χ1n) is 7.42. The summed E-state index contributed by atoms with van der Waals surface area (Å²) in [7, 11) is 1.60.